The summed E-state index contributed by atoms with van der Waals surface area (Å²) in [6.07, 6.45) is 0.783. The first kappa shape index (κ1) is 18.3. The van der Waals surface area contributed by atoms with Crippen LogP contribution in [0.25, 0.3) is 11.5 Å². The molecular formula is C20H23N3O2S. The molecule has 6 heteroatoms. The number of thiophene rings is 1. The van der Waals surface area contributed by atoms with Crippen LogP contribution in [0.4, 0.5) is 0 Å². The average Bonchev–Trinajstić information content (AvgIpc) is 3.32. The summed E-state index contributed by atoms with van der Waals surface area (Å²) in [4.78, 5) is 12.2. The summed E-state index contributed by atoms with van der Waals surface area (Å²) < 4.78 is 5.62. The van der Waals surface area contributed by atoms with E-state index in [1.165, 1.54) is 5.56 Å². The van der Waals surface area contributed by atoms with E-state index in [0.29, 0.717) is 43.0 Å². The highest BCUT2D eigenvalue weighted by molar-refractivity contribution is 7.08. The molecule has 3 rings (SSSR count). The summed E-state index contributed by atoms with van der Waals surface area (Å²) >= 11 is 1.58. The van der Waals surface area contributed by atoms with Gasteiger partial charge in [-0.05, 0) is 22.9 Å². The number of hydrogen-bond acceptors (Lipinski definition) is 5. The van der Waals surface area contributed by atoms with Crippen LogP contribution < -0.4 is 5.32 Å². The second-order valence-electron chi connectivity index (χ2n) is 6.58. The zero-order valence-corrected chi connectivity index (χ0v) is 15.8. The fourth-order valence-corrected chi connectivity index (χ4v) is 3.46. The molecule has 2 heterocycles. The number of hydrogen-bond donors (Lipinski definition) is 1. The predicted molar refractivity (Wildman–Crippen MR) is 103 cm³/mol. The van der Waals surface area contributed by atoms with Crippen LogP contribution in [0.2, 0.25) is 0 Å². The van der Waals surface area contributed by atoms with Gasteiger partial charge in [-0.3, -0.25) is 4.79 Å². The minimum atomic E-state index is 0.00173. The van der Waals surface area contributed by atoms with Gasteiger partial charge in [0.25, 0.3) is 0 Å². The molecule has 0 saturated heterocycles. The lowest BCUT2D eigenvalue weighted by atomic mass is 9.88. The molecule has 0 saturated carbocycles. The number of benzene rings is 1. The minimum Gasteiger partial charge on any atom is -0.421 e. The van der Waals surface area contributed by atoms with Crippen molar-refractivity contribution in [2.75, 3.05) is 6.54 Å². The molecule has 3 aromatic rings. The highest BCUT2D eigenvalue weighted by Crippen LogP contribution is 2.23. The van der Waals surface area contributed by atoms with Crippen LogP contribution in [-0.4, -0.2) is 22.6 Å². The Morgan fingerprint density at radius 1 is 1.19 bits per heavy atom. The number of carbonyl (C=O) groups excluding carboxylic acids is 1. The van der Waals surface area contributed by atoms with E-state index in [2.05, 4.69) is 41.5 Å². The number of aromatic nitrogens is 2. The van der Waals surface area contributed by atoms with Gasteiger partial charge < -0.3 is 9.73 Å². The summed E-state index contributed by atoms with van der Waals surface area (Å²) in [6, 6.07) is 12.2. The van der Waals surface area contributed by atoms with E-state index in [1.807, 2.05) is 35.0 Å². The third-order valence-corrected chi connectivity index (χ3v) is 5.04. The molecule has 2 aromatic heterocycles. The Morgan fingerprint density at radius 3 is 2.69 bits per heavy atom. The Morgan fingerprint density at radius 2 is 2.00 bits per heavy atom. The van der Waals surface area contributed by atoms with Crippen molar-refractivity contribution in [3.8, 4) is 11.5 Å². The normalized spacial score (nSPS) is 12.3. The lowest BCUT2D eigenvalue weighted by Crippen LogP contribution is -2.30. The monoisotopic (exact) mass is 369 g/mol. The third kappa shape index (κ3) is 4.79. The van der Waals surface area contributed by atoms with E-state index in [1.54, 1.807) is 11.3 Å². The standard InChI is InChI=1S/C20H23N3O2S/c1-14(2)17(15-6-4-3-5-7-15)12-21-18(24)8-9-19-22-23-20(25-19)16-10-11-26-13-16/h3-7,10-11,13-14,17H,8-9,12H2,1-2H3,(H,21,24). The molecule has 0 spiro atoms. The van der Waals surface area contributed by atoms with Crippen LogP contribution in [-0.2, 0) is 11.2 Å². The molecule has 26 heavy (non-hydrogen) atoms. The van der Waals surface area contributed by atoms with E-state index in [4.69, 9.17) is 4.42 Å². The van der Waals surface area contributed by atoms with E-state index < -0.39 is 0 Å². The predicted octanol–water partition coefficient (Wildman–Crippen LogP) is 4.29. The molecule has 1 amide bonds. The van der Waals surface area contributed by atoms with Crippen LogP contribution in [0.3, 0.4) is 0 Å². The van der Waals surface area contributed by atoms with Crippen LogP contribution in [0.15, 0.2) is 51.6 Å². The fourth-order valence-electron chi connectivity index (χ4n) is 2.83. The van der Waals surface area contributed by atoms with Crippen LogP contribution in [0, 0.1) is 5.92 Å². The highest BCUT2D eigenvalue weighted by atomic mass is 32.1. The molecule has 1 N–H and O–H groups in total. The lowest BCUT2D eigenvalue weighted by Gasteiger charge is -2.21. The Labute approximate surface area is 157 Å². The molecule has 0 aliphatic heterocycles. The lowest BCUT2D eigenvalue weighted by molar-refractivity contribution is -0.121. The molecular weight excluding hydrogens is 346 g/mol. The minimum absolute atomic E-state index is 0.00173. The number of rotatable bonds is 8. The van der Waals surface area contributed by atoms with Crippen molar-refractivity contribution < 1.29 is 9.21 Å². The Bertz CT molecular complexity index is 813. The zero-order chi connectivity index (χ0) is 18.4. The van der Waals surface area contributed by atoms with Gasteiger partial charge in [0, 0.05) is 36.2 Å². The van der Waals surface area contributed by atoms with Crippen molar-refractivity contribution in [2.24, 2.45) is 5.92 Å². The number of amides is 1. The molecule has 0 radical (unpaired) electrons. The smallest absolute Gasteiger partial charge is 0.248 e. The van der Waals surface area contributed by atoms with Crippen molar-refractivity contribution >= 4 is 17.2 Å². The van der Waals surface area contributed by atoms with E-state index in [-0.39, 0.29) is 5.91 Å². The Hall–Kier alpha value is -2.47. The van der Waals surface area contributed by atoms with Gasteiger partial charge in [0.15, 0.2) is 0 Å². The highest BCUT2D eigenvalue weighted by Gasteiger charge is 2.17. The van der Waals surface area contributed by atoms with Crippen molar-refractivity contribution in [2.45, 2.75) is 32.6 Å². The van der Waals surface area contributed by atoms with Gasteiger partial charge in [0.05, 0.1) is 0 Å². The van der Waals surface area contributed by atoms with E-state index >= 15 is 0 Å². The molecule has 0 fully saturated rings. The summed E-state index contributed by atoms with van der Waals surface area (Å²) in [5, 5.41) is 15.0. The third-order valence-electron chi connectivity index (χ3n) is 4.35. The van der Waals surface area contributed by atoms with Gasteiger partial charge in [0.1, 0.15) is 0 Å². The summed E-state index contributed by atoms with van der Waals surface area (Å²) in [7, 11) is 0. The second kappa shape index (κ2) is 8.76. The zero-order valence-electron chi connectivity index (χ0n) is 15.0. The molecule has 1 aromatic carbocycles. The SMILES string of the molecule is CC(C)C(CNC(=O)CCc1nnc(-c2ccsc2)o1)c1ccccc1. The molecule has 0 bridgehead atoms. The van der Waals surface area contributed by atoms with Gasteiger partial charge in [0.2, 0.25) is 17.7 Å². The Balaban J connectivity index is 1.49. The second-order valence-corrected chi connectivity index (χ2v) is 7.36. The Kier molecular flexibility index (Phi) is 6.17. The number of nitrogens with zero attached hydrogens (tertiary/aromatic N) is 2. The van der Waals surface area contributed by atoms with Gasteiger partial charge in [-0.25, -0.2) is 0 Å². The topological polar surface area (TPSA) is 68.0 Å². The van der Waals surface area contributed by atoms with Crippen molar-refractivity contribution in [3.05, 3.63) is 58.6 Å². The molecule has 1 unspecified atom stereocenters. The van der Waals surface area contributed by atoms with Crippen LogP contribution >= 0.6 is 11.3 Å². The molecule has 5 nitrogen and oxygen atoms in total. The van der Waals surface area contributed by atoms with E-state index in [9.17, 15) is 4.79 Å². The van der Waals surface area contributed by atoms with Crippen molar-refractivity contribution in [1.82, 2.24) is 15.5 Å². The number of nitrogens with one attached hydrogen (secondary N) is 1. The maximum absolute atomic E-state index is 12.2. The molecule has 1 atom stereocenters. The van der Waals surface area contributed by atoms with Crippen LogP contribution in [0.5, 0.6) is 0 Å². The van der Waals surface area contributed by atoms with Crippen LogP contribution in [0.1, 0.15) is 37.6 Å². The summed E-state index contributed by atoms with van der Waals surface area (Å²) in [6.45, 7) is 4.98. The van der Waals surface area contributed by atoms with Gasteiger partial charge in [-0.2, -0.15) is 11.3 Å². The first-order valence-electron chi connectivity index (χ1n) is 8.80. The van der Waals surface area contributed by atoms with Gasteiger partial charge >= 0.3 is 0 Å². The number of aryl methyl sites for hydroxylation is 1. The first-order chi connectivity index (χ1) is 12.6. The summed E-state index contributed by atoms with van der Waals surface area (Å²) in [5.41, 5.74) is 2.17. The first-order valence-corrected chi connectivity index (χ1v) is 9.74. The summed E-state index contributed by atoms with van der Waals surface area (Å²) in [5.74, 6) is 1.74. The molecule has 0 aliphatic rings. The maximum Gasteiger partial charge on any atom is 0.248 e. The van der Waals surface area contributed by atoms with Crippen molar-refractivity contribution in [3.63, 3.8) is 0 Å². The van der Waals surface area contributed by atoms with Gasteiger partial charge in [-0.1, -0.05) is 44.2 Å². The van der Waals surface area contributed by atoms with E-state index in [0.717, 1.165) is 5.56 Å². The molecule has 0 aliphatic carbocycles. The van der Waals surface area contributed by atoms with Gasteiger partial charge in [-0.15, -0.1) is 10.2 Å². The largest absolute Gasteiger partial charge is 0.421 e. The van der Waals surface area contributed by atoms with Crippen molar-refractivity contribution in [1.29, 1.82) is 0 Å². The average molecular weight is 369 g/mol. The molecule has 136 valence electrons. The fraction of sp³-hybridized carbons (Fsp3) is 0.350. The number of carbonyl (C=O) groups is 1. The maximum atomic E-state index is 12.2. The quantitative estimate of drug-likeness (QED) is 0.643.